The number of alkyl halides is 1. The molecular weight excluding hydrogens is 280 g/mol. The Morgan fingerprint density at radius 1 is 1.47 bits per heavy atom. The quantitative estimate of drug-likeness (QED) is 0.799. The van der Waals surface area contributed by atoms with Crippen molar-refractivity contribution in [2.45, 2.75) is 38.2 Å². The van der Waals surface area contributed by atoms with Crippen molar-refractivity contribution >= 4 is 15.9 Å². The average Bonchev–Trinajstić information content (AvgIpc) is 2.32. The lowest BCUT2D eigenvalue weighted by molar-refractivity contribution is 0.303. The predicted molar refractivity (Wildman–Crippen MR) is 73.7 cm³/mol. The van der Waals surface area contributed by atoms with Crippen LogP contribution in [0.4, 0.5) is 0 Å². The SMILES string of the molecule is CCCn1c2c(cc(CBr)c1=O)CN(C)CC2. The van der Waals surface area contributed by atoms with Gasteiger partial charge in [-0.05, 0) is 25.1 Å². The third-order valence-electron chi connectivity index (χ3n) is 3.33. The number of halogens is 1. The molecule has 0 saturated heterocycles. The summed E-state index contributed by atoms with van der Waals surface area (Å²) in [6, 6.07) is 2.08. The first-order chi connectivity index (χ1) is 8.17. The van der Waals surface area contributed by atoms with E-state index in [1.54, 1.807) is 0 Å². The molecule has 1 aromatic heterocycles. The molecule has 94 valence electrons. The second kappa shape index (κ2) is 5.36. The van der Waals surface area contributed by atoms with Crippen molar-refractivity contribution < 1.29 is 0 Å². The van der Waals surface area contributed by atoms with Crippen LogP contribution in [-0.2, 0) is 24.8 Å². The van der Waals surface area contributed by atoms with Gasteiger partial charge in [0, 0.05) is 42.6 Å². The van der Waals surface area contributed by atoms with Crippen LogP contribution in [-0.4, -0.2) is 23.1 Å². The van der Waals surface area contributed by atoms with Crippen LogP contribution in [0.25, 0.3) is 0 Å². The van der Waals surface area contributed by atoms with Crippen LogP contribution in [0.3, 0.4) is 0 Å². The maximum Gasteiger partial charge on any atom is 0.254 e. The van der Waals surface area contributed by atoms with Gasteiger partial charge >= 0.3 is 0 Å². The molecule has 1 aliphatic rings. The average molecular weight is 299 g/mol. The van der Waals surface area contributed by atoms with Gasteiger partial charge in [0.25, 0.3) is 5.56 Å². The zero-order chi connectivity index (χ0) is 12.4. The fraction of sp³-hybridized carbons (Fsp3) is 0.615. The zero-order valence-electron chi connectivity index (χ0n) is 10.5. The number of hydrogen-bond donors (Lipinski definition) is 0. The number of hydrogen-bond acceptors (Lipinski definition) is 2. The van der Waals surface area contributed by atoms with Crippen LogP contribution in [0.5, 0.6) is 0 Å². The molecule has 2 rings (SSSR count). The highest BCUT2D eigenvalue weighted by Crippen LogP contribution is 2.18. The summed E-state index contributed by atoms with van der Waals surface area (Å²) in [5, 5.41) is 0.645. The topological polar surface area (TPSA) is 25.2 Å². The molecule has 1 aromatic rings. The van der Waals surface area contributed by atoms with E-state index in [0.29, 0.717) is 5.33 Å². The fourth-order valence-electron chi connectivity index (χ4n) is 2.48. The standard InChI is InChI=1S/C13H19BrN2O/c1-3-5-16-12-4-6-15(2)9-11(12)7-10(8-14)13(16)17/h7H,3-6,8-9H2,1-2H3. The summed E-state index contributed by atoms with van der Waals surface area (Å²) in [7, 11) is 2.13. The summed E-state index contributed by atoms with van der Waals surface area (Å²) in [6.07, 6.45) is 2.00. The highest BCUT2D eigenvalue weighted by molar-refractivity contribution is 9.08. The Morgan fingerprint density at radius 3 is 2.88 bits per heavy atom. The summed E-state index contributed by atoms with van der Waals surface area (Å²) in [5.74, 6) is 0. The van der Waals surface area contributed by atoms with Crippen molar-refractivity contribution in [2.75, 3.05) is 13.6 Å². The van der Waals surface area contributed by atoms with Gasteiger partial charge in [0.15, 0.2) is 0 Å². The molecule has 0 saturated carbocycles. The highest BCUT2D eigenvalue weighted by atomic mass is 79.9. The molecule has 1 aliphatic heterocycles. The second-order valence-corrected chi connectivity index (χ2v) is 5.28. The molecule has 0 spiro atoms. The van der Waals surface area contributed by atoms with Crippen LogP contribution in [0, 0.1) is 0 Å². The first-order valence-electron chi connectivity index (χ1n) is 6.16. The molecule has 0 atom stereocenters. The van der Waals surface area contributed by atoms with Gasteiger partial charge in [0.1, 0.15) is 0 Å². The van der Waals surface area contributed by atoms with Crippen LogP contribution in [0.1, 0.15) is 30.2 Å². The Balaban J connectivity index is 2.55. The largest absolute Gasteiger partial charge is 0.312 e. The van der Waals surface area contributed by atoms with Crippen LogP contribution < -0.4 is 5.56 Å². The molecule has 2 heterocycles. The Bertz CT molecular complexity index is 467. The summed E-state index contributed by atoms with van der Waals surface area (Å²) in [6.45, 7) is 4.96. The van der Waals surface area contributed by atoms with E-state index in [1.807, 2.05) is 4.57 Å². The molecule has 0 bridgehead atoms. The van der Waals surface area contributed by atoms with E-state index in [1.165, 1.54) is 11.3 Å². The van der Waals surface area contributed by atoms with Crippen molar-refractivity contribution in [3.63, 3.8) is 0 Å². The van der Waals surface area contributed by atoms with Crippen molar-refractivity contribution in [1.82, 2.24) is 9.47 Å². The van der Waals surface area contributed by atoms with E-state index in [-0.39, 0.29) is 5.56 Å². The molecule has 17 heavy (non-hydrogen) atoms. The normalized spacial score (nSPS) is 15.9. The van der Waals surface area contributed by atoms with Crippen molar-refractivity contribution in [3.8, 4) is 0 Å². The summed E-state index contributed by atoms with van der Waals surface area (Å²) in [4.78, 5) is 14.6. The third-order valence-corrected chi connectivity index (χ3v) is 3.93. The maximum absolute atomic E-state index is 12.3. The first-order valence-corrected chi connectivity index (χ1v) is 7.28. The number of nitrogens with zero attached hydrogens (tertiary/aromatic N) is 2. The van der Waals surface area contributed by atoms with Gasteiger partial charge < -0.3 is 9.47 Å². The number of likely N-dealkylation sites (N-methyl/N-ethyl adjacent to an activating group) is 1. The van der Waals surface area contributed by atoms with Crippen molar-refractivity contribution in [3.05, 3.63) is 33.2 Å². The monoisotopic (exact) mass is 298 g/mol. The van der Waals surface area contributed by atoms with Gasteiger partial charge in [-0.15, -0.1) is 0 Å². The lowest BCUT2D eigenvalue weighted by Gasteiger charge is -2.28. The Kier molecular flexibility index (Phi) is 4.05. The minimum Gasteiger partial charge on any atom is -0.312 e. The maximum atomic E-state index is 12.3. The second-order valence-electron chi connectivity index (χ2n) is 4.72. The molecular formula is C13H19BrN2O. The summed E-state index contributed by atoms with van der Waals surface area (Å²) < 4.78 is 1.99. The molecule has 3 nitrogen and oxygen atoms in total. The lowest BCUT2D eigenvalue weighted by atomic mass is 10.0. The van der Waals surface area contributed by atoms with Crippen LogP contribution in [0.15, 0.2) is 10.9 Å². The number of pyridine rings is 1. The molecule has 0 fully saturated rings. The van der Waals surface area contributed by atoms with E-state index in [9.17, 15) is 4.79 Å². The van der Waals surface area contributed by atoms with Crippen molar-refractivity contribution in [1.29, 1.82) is 0 Å². The number of aromatic nitrogens is 1. The van der Waals surface area contributed by atoms with E-state index in [2.05, 4.69) is 40.9 Å². The van der Waals surface area contributed by atoms with Gasteiger partial charge in [0.2, 0.25) is 0 Å². The van der Waals surface area contributed by atoms with E-state index in [0.717, 1.165) is 38.0 Å². The van der Waals surface area contributed by atoms with Crippen LogP contribution >= 0.6 is 15.9 Å². The van der Waals surface area contributed by atoms with E-state index < -0.39 is 0 Å². The van der Waals surface area contributed by atoms with Gasteiger partial charge in [0.05, 0.1) is 0 Å². The molecule has 0 amide bonds. The molecule has 0 aromatic carbocycles. The predicted octanol–water partition coefficient (Wildman–Crippen LogP) is 2.14. The van der Waals surface area contributed by atoms with Gasteiger partial charge in [-0.1, -0.05) is 22.9 Å². The number of rotatable bonds is 3. The fourth-order valence-corrected chi connectivity index (χ4v) is 2.88. The summed E-state index contributed by atoms with van der Waals surface area (Å²) in [5.41, 5.74) is 3.64. The molecule has 0 N–H and O–H groups in total. The molecule has 0 aliphatic carbocycles. The molecule has 0 radical (unpaired) electrons. The van der Waals surface area contributed by atoms with Crippen molar-refractivity contribution in [2.24, 2.45) is 0 Å². The van der Waals surface area contributed by atoms with E-state index in [4.69, 9.17) is 0 Å². The third kappa shape index (κ3) is 2.47. The Hall–Kier alpha value is -0.610. The first kappa shape index (κ1) is 12.8. The summed E-state index contributed by atoms with van der Waals surface area (Å²) >= 11 is 3.41. The zero-order valence-corrected chi connectivity index (χ0v) is 12.1. The minimum atomic E-state index is 0.187. The van der Waals surface area contributed by atoms with Crippen LogP contribution in [0.2, 0.25) is 0 Å². The smallest absolute Gasteiger partial charge is 0.254 e. The van der Waals surface area contributed by atoms with Gasteiger partial charge in [-0.3, -0.25) is 4.79 Å². The Labute approximate surface area is 111 Å². The number of fused-ring (bicyclic) bond motifs is 1. The van der Waals surface area contributed by atoms with Gasteiger partial charge in [-0.2, -0.15) is 0 Å². The van der Waals surface area contributed by atoms with E-state index >= 15 is 0 Å². The minimum absolute atomic E-state index is 0.187. The lowest BCUT2D eigenvalue weighted by Crippen LogP contribution is -2.35. The van der Waals surface area contributed by atoms with Gasteiger partial charge in [-0.25, -0.2) is 0 Å². The molecule has 0 unspecified atom stereocenters. The molecule has 4 heteroatoms. The Morgan fingerprint density at radius 2 is 2.24 bits per heavy atom. The highest BCUT2D eigenvalue weighted by Gasteiger charge is 2.19.